The lowest BCUT2D eigenvalue weighted by Crippen LogP contribution is -2.31. The van der Waals surface area contributed by atoms with Gasteiger partial charge in [0, 0.05) is 24.5 Å². The highest BCUT2D eigenvalue weighted by Crippen LogP contribution is 2.07. The maximum Gasteiger partial charge on any atom is 0.275 e. The summed E-state index contributed by atoms with van der Waals surface area (Å²) in [5, 5.41) is 3.66. The molecule has 0 bridgehead atoms. The second kappa shape index (κ2) is 4.59. The summed E-state index contributed by atoms with van der Waals surface area (Å²) in [6, 6.07) is 1.64. The Balaban J connectivity index is 2.65. The number of halogens is 1. The van der Waals surface area contributed by atoms with Gasteiger partial charge in [0.15, 0.2) is 5.69 Å². The molecule has 0 aliphatic rings. The Kier molecular flexibility index (Phi) is 3.69. The van der Waals surface area contributed by atoms with Gasteiger partial charge < -0.3 is 9.42 Å². The molecule has 0 aliphatic carbocycles. The van der Waals surface area contributed by atoms with E-state index in [1.165, 1.54) is 0 Å². The van der Waals surface area contributed by atoms with E-state index in [0.717, 1.165) is 0 Å². The Morgan fingerprint density at radius 1 is 1.79 bits per heavy atom. The van der Waals surface area contributed by atoms with Crippen LogP contribution in [0.1, 0.15) is 23.2 Å². The van der Waals surface area contributed by atoms with Crippen LogP contribution in [0.2, 0.25) is 0 Å². The van der Waals surface area contributed by atoms with Crippen molar-refractivity contribution in [2.24, 2.45) is 0 Å². The third kappa shape index (κ3) is 2.83. The minimum atomic E-state index is -0.117. The molecule has 1 rings (SSSR count). The Bertz CT molecular complexity index is 322. The fourth-order valence-corrected chi connectivity index (χ4v) is 1.56. The van der Waals surface area contributed by atoms with Crippen molar-refractivity contribution in [3.05, 3.63) is 17.5 Å². The van der Waals surface area contributed by atoms with Crippen molar-refractivity contribution >= 4 is 21.8 Å². The fraction of sp³-hybridized carbons (Fsp3) is 0.556. The van der Waals surface area contributed by atoms with Gasteiger partial charge in [-0.05, 0) is 6.92 Å². The highest BCUT2D eigenvalue weighted by Gasteiger charge is 2.16. The Hall–Kier alpha value is -0.840. The number of aromatic nitrogens is 1. The summed E-state index contributed by atoms with van der Waals surface area (Å²) in [6.45, 7) is 4.39. The molecule has 0 N–H and O–H groups in total. The highest BCUT2D eigenvalue weighted by atomic mass is 79.9. The smallest absolute Gasteiger partial charge is 0.275 e. The Morgan fingerprint density at radius 3 is 2.86 bits per heavy atom. The molecule has 0 aromatic carbocycles. The molecule has 0 aliphatic heterocycles. The first-order valence-corrected chi connectivity index (χ1v) is 5.25. The van der Waals surface area contributed by atoms with Gasteiger partial charge in [-0.15, -0.1) is 0 Å². The number of carbonyl (C=O) groups excluding carboxylic acids is 1. The summed E-state index contributed by atoms with van der Waals surface area (Å²) in [4.78, 5) is 13.6. The standard InChI is InChI=1S/C9H13BrN2O2/c1-6(10)5-12(3)9(13)8-4-7(2)14-11-8/h4,6H,5H2,1-3H3. The molecule has 78 valence electrons. The normalized spacial score (nSPS) is 12.6. The van der Waals surface area contributed by atoms with E-state index in [0.29, 0.717) is 18.0 Å². The van der Waals surface area contributed by atoms with Crippen molar-refractivity contribution in [3.8, 4) is 0 Å². The average Bonchev–Trinajstić information content (AvgIpc) is 2.49. The van der Waals surface area contributed by atoms with Crippen LogP contribution >= 0.6 is 15.9 Å². The van der Waals surface area contributed by atoms with Crippen LogP contribution in [0.25, 0.3) is 0 Å². The number of nitrogens with zero attached hydrogens (tertiary/aromatic N) is 2. The van der Waals surface area contributed by atoms with Crippen molar-refractivity contribution in [1.82, 2.24) is 10.1 Å². The van der Waals surface area contributed by atoms with Crippen LogP contribution in [0.4, 0.5) is 0 Å². The molecule has 1 amide bonds. The summed E-state index contributed by atoms with van der Waals surface area (Å²) in [7, 11) is 1.74. The summed E-state index contributed by atoms with van der Waals surface area (Å²) in [5.41, 5.74) is 0.359. The van der Waals surface area contributed by atoms with E-state index >= 15 is 0 Å². The number of aryl methyl sites for hydroxylation is 1. The van der Waals surface area contributed by atoms with Crippen LogP contribution in [0.3, 0.4) is 0 Å². The molecule has 0 radical (unpaired) electrons. The second-order valence-corrected chi connectivity index (χ2v) is 4.85. The topological polar surface area (TPSA) is 46.3 Å². The average molecular weight is 261 g/mol. The van der Waals surface area contributed by atoms with Gasteiger partial charge >= 0.3 is 0 Å². The van der Waals surface area contributed by atoms with Crippen molar-refractivity contribution in [1.29, 1.82) is 0 Å². The van der Waals surface area contributed by atoms with Crippen LogP contribution in [-0.2, 0) is 0 Å². The number of alkyl halides is 1. The Labute approximate surface area is 91.4 Å². The van der Waals surface area contributed by atoms with Gasteiger partial charge in [0.25, 0.3) is 5.91 Å². The molecule has 0 spiro atoms. The van der Waals surface area contributed by atoms with Crippen molar-refractivity contribution < 1.29 is 9.32 Å². The number of hydrogen-bond donors (Lipinski definition) is 0. The van der Waals surface area contributed by atoms with E-state index in [9.17, 15) is 4.79 Å². The molecule has 5 heteroatoms. The second-order valence-electron chi connectivity index (χ2n) is 3.29. The predicted octanol–water partition coefficient (Wildman–Crippen LogP) is 1.84. The zero-order valence-electron chi connectivity index (χ0n) is 8.45. The molecule has 0 saturated carbocycles. The maximum absolute atomic E-state index is 11.7. The molecule has 4 nitrogen and oxygen atoms in total. The fourth-order valence-electron chi connectivity index (χ4n) is 1.12. The lowest BCUT2D eigenvalue weighted by molar-refractivity contribution is 0.0787. The van der Waals surface area contributed by atoms with Gasteiger partial charge in [0.1, 0.15) is 5.76 Å². The summed E-state index contributed by atoms with van der Waals surface area (Å²) in [6.07, 6.45) is 0. The molecule has 1 unspecified atom stereocenters. The number of amides is 1. The van der Waals surface area contributed by atoms with Gasteiger partial charge in [-0.25, -0.2) is 0 Å². The molecule has 0 saturated heterocycles. The van der Waals surface area contributed by atoms with E-state index in [1.54, 1.807) is 24.9 Å². The van der Waals surface area contributed by atoms with Crippen LogP contribution in [0.5, 0.6) is 0 Å². The maximum atomic E-state index is 11.7. The molecule has 1 atom stereocenters. The van der Waals surface area contributed by atoms with E-state index in [4.69, 9.17) is 4.52 Å². The third-order valence-electron chi connectivity index (χ3n) is 1.72. The molecule has 1 heterocycles. The van der Waals surface area contributed by atoms with Gasteiger partial charge in [-0.2, -0.15) is 0 Å². The van der Waals surface area contributed by atoms with Crippen LogP contribution in [0, 0.1) is 6.92 Å². The van der Waals surface area contributed by atoms with Crippen molar-refractivity contribution in [3.63, 3.8) is 0 Å². The molecular formula is C9H13BrN2O2. The quantitative estimate of drug-likeness (QED) is 0.780. The first kappa shape index (κ1) is 11.2. The SMILES string of the molecule is Cc1cc(C(=O)N(C)CC(C)Br)no1. The third-order valence-corrected chi connectivity index (χ3v) is 2.01. The first-order chi connectivity index (χ1) is 6.50. The summed E-state index contributed by atoms with van der Waals surface area (Å²) in [5.74, 6) is 0.529. The van der Waals surface area contributed by atoms with Crippen LogP contribution < -0.4 is 0 Å². The molecule has 1 aromatic rings. The summed E-state index contributed by atoms with van der Waals surface area (Å²) < 4.78 is 4.83. The highest BCUT2D eigenvalue weighted by molar-refractivity contribution is 9.09. The monoisotopic (exact) mass is 260 g/mol. The first-order valence-electron chi connectivity index (χ1n) is 4.33. The van der Waals surface area contributed by atoms with Gasteiger partial charge in [-0.1, -0.05) is 28.0 Å². The minimum absolute atomic E-state index is 0.117. The summed E-state index contributed by atoms with van der Waals surface area (Å²) >= 11 is 3.38. The van der Waals surface area contributed by atoms with Crippen molar-refractivity contribution in [2.45, 2.75) is 18.7 Å². The zero-order chi connectivity index (χ0) is 10.7. The van der Waals surface area contributed by atoms with E-state index < -0.39 is 0 Å². The number of carbonyl (C=O) groups is 1. The number of rotatable bonds is 3. The predicted molar refractivity (Wildman–Crippen MR) is 56.6 cm³/mol. The van der Waals surface area contributed by atoms with Gasteiger partial charge in [-0.3, -0.25) is 4.79 Å². The lowest BCUT2D eigenvalue weighted by Gasteiger charge is -2.16. The van der Waals surface area contributed by atoms with E-state index in [1.807, 2.05) is 6.92 Å². The molecule has 0 fully saturated rings. The number of hydrogen-bond acceptors (Lipinski definition) is 3. The molecule has 14 heavy (non-hydrogen) atoms. The van der Waals surface area contributed by atoms with E-state index in [2.05, 4.69) is 21.1 Å². The minimum Gasteiger partial charge on any atom is -0.361 e. The molecule has 1 aromatic heterocycles. The Morgan fingerprint density at radius 2 is 2.43 bits per heavy atom. The largest absolute Gasteiger partial charge is 0.361 e. The van der Waals surface area contributed by atoms with E-state index in [-0.39, 0.29) is 10.7 Å². The lowest BCUT2D eigenvalue weighted by atomic mass is 10.3. The van der Waals surface area contributed by atoms with Gasteiger partial charge in [0.05, 0.1) is 0 Å². The molecular weight excluding hydrogens is 248 g/mol. The van der Waals surface area contributed by atoms with Crippen molar-refractivity contribution in [2.75, 3.05) is 13.6 Å². The zero-order valence-corrected chi connectivity index (χ0v) is 10.0. The van der Waals surface area contributed by atoms with Crippen LogP contribution in [0.15, 0.2) is 10.6 Å². The van der Waals surface area contributed by atoms with Gasteiger partial charge in [0.2, 0.25) is 0 Å². The van der Waals surface area contributed by atoms with Crippen LogP contribution in [-0.4, -0.2) is 34.4 Å².